The van der Waals surface area contributed by atoms with Gasteiger partial charge in [0.05, 0.1) is 5.69 Å². The number of ether oxygens (including phenoxy) is 1. The molecule has 0 spiro atoms. The third kappa shape index (κ3) is 4.55. The SMILES string of the molecule is NC1CCN(c2cc(-c3ccc(OC(F)F)cc3)cc(-c3cc(Br)ccc3O)n2)C1. The maximum atomic E-state index is 12.4. The first-order valence-electron chi connectivity index (χ1n) is 9.46. The number of phenolic OH excluding ortho intramolecular Hbond substituents is 1. The zero-order chi connectivity index (χ0) is 21.3. The van der Waals surface area contributed by atoms with E-state index >= 15 is 0 Å². The normalized spacial score (nSPS) is 16.3. The summed E-state index contributed by atoms with van der Waals surface area (Å²) in [4.78, 5) is 6.88. The molecule has 4 rings (SSSR count). The van der Waals surface area contributed by atoms with Gasteiger partial charge in [-0.15, -0.1) is 0 Å². The van der Waals surface area contributed by atoms with Gasteiger partial charge in [-0.3, -0.25) is 0 Å². The lowest BCUT2D eigenvalue weighted by Crippen LogP contribution is -2.27. The van der Waals surface area contributed by atoms with Gasteiger partial charge in [0.1, 0.15) is 17.3 Å². The molecule has 8 heteroatoms. The lowest BCUT2D eigenvalue weighted by atomic mass is 10.0. The van der Waals surface area contributed by atoms with Crippen LogP contribution in [0.4, 0.5) is 14.6 Å². The number of pyridine rings is 1. The molecule has 0 amide bonds. The van der Waals surface area contributed by atoms with Gasteiger partial charge in [0, 0.05) is 29.2 Å². The largest absolute Gasteiger partial charge is 0.507 e. The van der Waals surface area contributed by atoms with Gasteiger partial charge < -0.3 is 20.5 Å². The van der Waals surface area contributed by atoms with Gasteiger partial charge in [-0.25, -0.2) is 4.98 Å². The van der Waals surface area contributed by atoms with Gasteiger partial charge in [0.15, 0.2) is 0 Å². The molecule has 1 fully saturated rings. The van der Waals surface area contributed by atoms with Crippen LogP contribution >= 0.6 is 15.9 Å². The topological polar surface area (TPSA) is 71.6 Å². The molecule has 3 aromatic rings. The van der Waals surface area contributed by atoms with Crippen molar-refractivity contribution in [3.8, 4) is 33.9 Å². The van der Waals surface area contributed by atoms with E-state index < -0.39 is 6.61 Å². The smallest absolute Gasteiger partial charge is 0.387 e. The molecule has 156 valence electrons. The summed E-state index contributed by atoms with van der Waals surface area (Å²) in [5.41, 5.74) is 8.93. The van der Waals surface area contributed by atoms with Crippen LogP contribution in [0.5, 0.6) is 11.5 Å². The second-order valence-electron chi connectivity index (χ2n) is 7.16. The van der Waals surface area contributed by atoms with E-state index in [1.807, 2.05) is 12.1 Å². The van der Waals surface area contributed by atoms with Gasteiger partial charge in [0.25, 0.3) is 0 Å². The molecule has 0 saturated carbocycles. The monoisotopic (exact) mass is 475 g/mol. The molecule has 5 nitrogen and oxygen atoms in total. The Morgan fingerprint density at radius 2 is 1.87 bits per heavy atom. The molecule has 30 heavy (non-hydrogen) atoms. The number of benzene rings is 2. The van der Waals surface area contributed by atoms with E-state index in [2.05, 4.69) is 25.6 Å². The standard InChI is InChI=1S/C22H20BrF2N3O2/c23-15-3-6-20(29)18(11-15)19-9-14(10-21(27-19)28-8-7-16(26)12-28)13-1-4-17(5-2-13)30-22(24)25/h1-6,9-11,16,22,29H,7-8,12,26H2. The van der Waals surface area contributed by atoms with Crippen LogP contribution < -0.4 is 15.4 Å². The number of nitrogens with two attached hydrogens (primary N) is 1. The van der Waals surface area contributed by atoms with E-state index in [1.54, 1.807) is 30.3 Å². The molecule has 1 aliphatic rings. The quantitative estimate of drug-likeness (QED) is 0.541. The minimum absolute atomic E-state index is 0.0870. The molecule has 1 atom stereocenters. The number of hydrogen-bond acceptors (Lipinski definition) is 5. The van der Waals surface area contributed by atoms with Crippen LogP contribution in [-0.2, 0) is 0 Å². The van der Waals surface area contributed by atoms with Crippen LogP contribution in [0, 0.1) is 0 Å². The second-order valence-corrected chi connectivity index (χ2v) is 8.07. The van der Waals surface area contributed by atoms with Crippen molar-refractivity contribution in [1.29, 1.82) is 0 Å². The Morgan fingerprint density at radius 1 is 1.10 bits per heavy atom. The summed E-state index contributed by atoms with van der Waals surface area (Å²) in [6.45, 7) is -1.38. The Balaban J connectivity index is 1.78. The van der Waals surface area contributed by atoms with Crippen LogP contribution in [0.25, 0.3) is 22.4 Å². The van der Waals surface area contributed by atoms with E-state index in [0.29, 0.717) is 17.8 Å². The molecule has 1 unspecified atom stereocenters. The van der Waals surface area contributed by atoms with Crippen molar-refractivity contribution in [2.75, 3.05) is 18.0 Å². The number of phenols is 1. The van der Waals surface area contributed by atoms with Gasteiger partial charge in [0.2, 0.25) is 0 Å². The van der Waals surface area contributed by atoms with Crippen LogP contribution in [0.15, 0.2) is 59.1 Å². The van der Waals surface area contributed by atoms with Crippen molar-refractivity contribution in [3.05, 3.63) is 59.1 Å². The van der Waals surface area contributed by atoms with Crippen molar-refractivity contribution in [2.45, 2.75) is 19.1 Å². The van der Waals surface area contributed by atoms with Gasteiger partial charge in [-0.1, -0.05) is 28.1 Å². The first-order chi connectivity index (χ1) is 14.4. The highest BCUT2D eigenvalue weighted by molar-refractivity contribution is 9.10. The second kappa shape index (κ2) is 8.57. The van der Waals surface area contributed by atoms with Crippen molar-refractivity contribution in [2.24, 2.45) is 5.73 Å². The highest BCUT2D eigenvalue weighted by Gasteiger charge is 2.22. The Kier molecular flexibility index (Phi) is 5.87. The van der Waals surface area contributed by atoms with Crippen molar-refractivity contribution in [3.63, 3.8) is 0 Å². The number of anilines is 1. The minimum atomic E-state index is -2.87. The van der Waals surface area contributed by atoms with E-state index in [1.165, 1.54) is 12.1 Å². The number of hydrogen-bond donors (Lipinski definition) is 2. The Morgan fingerprint density at radius 3 is 2.53 bits per heavy atom. The molecule has 1 aromatic heterocycles. The summed E-state index contributed by atoms with van der Waals surface area (Å²) in [6, 6.07) is 15.5. The molecule has 2 aromatic carbocycles. The van der Waals surface area contributed by atoms with E-state index in [4.69, 9.17) is 10.7 Å². The maximum absolute atomic E-state index is 12.4. The molecular formula is C22H20BrF2N3O2. The van der Waals surface area contributed by atoms with Crippen molar-refractivity contribution in [1.82, 2.24) is 4.98 Å². The Hall–Kier alpha value is -2.71. The molecular weight excluding hydrogens is 456 g/mol. The van der Waals surface area contributed by atoms with Crippen molar-refractivity contribution >= 4 is 21.7 Å². The first kappa shape index (κ1) is 20.6. The maximum Gasteiger partial charge on any atom is 0.387 e. The van der Waals surface area contributed by atoms with E-state index in [-0.39, 0.29) is 17.5 Å². The molecule has 0 bridgehead atoms. The predicted molar refractivity (Wildman–Crippen MR) is 116 cm³/mol. The third-order valence-corrected chi connectivity index (χ3v) is 5.50. The number of nitrogens with zero attached hydrogens (tertiary/aromatic N) is 2. The van der Waals surface area contributed by atoms with Gasteiger partial charge >= 0.3 is 6.61 Å². The van der Waals surface area contributed by atoms with Crippen LogP contribution in [-0.4, -0.2) is 35.8 Å². The molecule has 1 aliphatic heterocycles. The fourth-order valence-electron chi connectivity index (χ4n) is 3.52. The lowest BCUT2D eigenvalue weighted by molar-refractivity contribution is -0.0498. The summed E-state index contributed by atoms with van der Waals surface area (Å²) >= 11 is 3.44. The summed E-state index contributed by atoms with van der Waals surface area (Å²) in [6.07, 6.45) is 0.878. The zero-order valence-corrected chi connectivity index (χ0v) is 17.5. The lowest BCUT2D eigenvalue weighted by Gasteiger charge is -2.20. The third-order valence-electron chi connectivity index (χ3n) is 5.01. The molecule has 0 radical (unpaired) electrons. The Labute approximate surface area is 181 Å². The number of alkyl halides is 2. The van der Waals surface area contributed by atoms with E-state index in [0.717, 1.165) is 34.4 Å². The molecule has 2 heterocycles. The van der Waals surface area contributed by atoms with Crippen molar-refractivity contribution < 1.29 is 18.6 Å². The fraction of sp³-hybridized carbons (Fsp3) is 0.227. The summed E-state index contributed by atoms with van der Waals surface area (Å²) in [5.74, 6) is 0.966. The Bertz CT molecular complexity index is 1050. The van der Waals surface area contributed by atoms with Gasteiger partial charge in [-0.2, -0.15) is 8.78 Å². The average molecular weight is 476 g/mol. The van der Waals surface area contributed by atoms with Crippen LogP contribution in [0.3, 0.4) is 0 Å². The summed E-state index contributed by atoms with van der Waals surface area (Å²) < 4.78 is 30.1. The average Bonchev–Trinajstić information content (AvgIpc) is 3.16. The number of aromatic nitrogens is 1. The number of rotatable bonds is 5. The highest BCUT2D eigenvalue weighted by atomic mass is 79.9. The number of aromatic hydroxyl groups is 1. The fourth-order valence-corrected chi connectivity index (χ4v) is 3.88. The molecule has 0 aliphatic carbocycles. The minimum Gasteiger partial charge on any atom is -0.507 e. The van der Waals surface area contributed by atoms with Gasteiger partial charge in [-0.05, 0) is 60.0 Å². The summed E-state index contributed by atoms with van der Waals surface area (Å²) in [7, 11) is 0. The zero-order valence-electron chi connectivity index (χ0n) is 15.9. The highest BCUT2D eigenvalue weighted by Crippen LogP contribution is 2.36. The van der Waals surface area contributed by atoms with E-state index in [9.17, 15) is 13.9 Å². The number of halogens is 3. The van der Waals surface area contributed by atoms with Crippen LogP contribution in [0.2, 0.25) is 0 Å². The first-order valence-corrected chi connectivity index (χ1v) is 10.2. The van der Waals surface area contributed by atoms with Crippen LogP contribution in [0.1, 0.15) is 6.42 Å². The molecule has 1 saturated heterocycles. The summed E-state index contributed by atoms with van der Waals surface area (Å²) in [5, 5.41) is 10.4. The molecule has 3 N–H and O–H groups in total. The predicted octanol–water partition coefficient (Wildman–Crippen LogP) is 5.02.